The second-order valence-electron chi connectivity index (χ2n) is 8.28. The molecule has 0 saturated heterocycles. The number of allylic oxidation sites excluding steroid dienone is 5. The molecule has 0 radical (unpaired) electrons. The van der Waals surface area contributed by atoms with Crippen LogP contribution in [0.15, 0.2) is 34.9 Å². The van der Waals surface area contributed by atoms with Crippen LogP contribution in [0.25, 0.3) is 0 Å². The molecule has 0 unspecified atom stereocenters. The zero-order chi connectivity index (χ0) is 22.1. The number of unbranched alkanes of at least 4 members (excludes halogenated alkanes) is 4. The van der Waals surface area contributed by atoms with Crippen molar-refractivity contribution in [2.24, 2.45) is 0 Å². The Morgan fingerprint density at radius 3 is 1.76 bits per heavy atom. The van der Waals surface area contributed by atoms with E-state index in [2.05, 4.69) is 34.3 Å². The van der Waals surface area contributed by atoms with Gasteiger partial charge < -0.3 is 0 Å². The zero-order valence-electron chi connectivity index (χ0n) is 19.3. The van der Waals surface area contributed by atoms with Crippen LogP contribution in [0.3, 0.4) is 0 Å². The van der Waals surface area contributed by atoms with E-state index in [1.807, 2.05) is 6.07 Å². The van der Waals surface area contributed by atoms with Gasteiger partial charge in [0.2, 0.25) is 0 Å². The summed E-state index contributed by atoms with van der Waals surface area (Å²) in [5.41, 5.74) is 0.497. The number of hydrogen-bond donors (Lipinski definition) is 0. The van der Waals surface area contributed by atoms with Gasteiger partial charge in [0.25, 0.3) is 0 Å². The number of nitriles is 1. The molecule has 0 aromatic rings. The quantitative estimate of drug-likeness (QED) is 0.215. The van der Waals surface area contributed by atoms with Gasteiger partial charge in [-0.1, -0.05) is 24.3 Å². The molecule has 1 aliphatic rings. The Bertz CT molecular complexity index is 563. The second kappa shape index (κ2) is 16.8. The van der Waals surface area contributed by atoms with Crippen molar-refractivity contribution < 1.29 is 4.79 Å². The van der Waals surface area contributed by atoms with E-state index in [1.54, 1.807) is 30.7 Å². The second-order valence-corrected chi connectivity index (χ2v) is 13.7. The average molecular weight is 440 g/mol. The van der Waals surface area contributed by atoms with E-state index >= 15 is 0 Å². The molecule has 0 heterocycles. The number of nitrogens with zero attached hydrogens (tertiary/aromatic N) is 1. The van der Waals surface area contributed by atoms with E-state index in [0.29, 0.717) is 10.6 Å². The molecule has 1 rings (SSSR count). The summed E-state index contributed by atoms with van der Waals surface area (Å²) in [6.07, 6.45) is 21.5. The first-order chi connectivity index (χ1) is 13.9. The monoisotopic (exact) mass is 439 g/mol. The predicted octanol–water partition coefficient (Wildman–Crippen LogP) is 8.02. The summed E-state index contributed by atoms with van der Waals surface area (Å²) >= 11 is 5.66. The van der Waals surface area contributed by atoms with Crippen LogP contribution in [0.2, 0.25) is 0 Å². The summed E-state index contributed by atoms with van der Waals surface area (Å²) in [6, 6.07) is 1.82. The van der Waals surface area contributed by atoms with Crippen LogP contribution >= 0.6 is 18.9 Å². The number of rotatable bonds is 13. The molecule has 166 valence electrons. The molecular weight excluding hydrogens is 397 g/mol. The van der Waals surface area contributed by atoms with Gasteiger partial charge in [-0.3, -0.25) is 4.79 Å². The van der Waals surface area contributed by atoms with Crippen LogP contribution in [0.4, 0.5) is 0 Å². The standard InChI is InChI=1S/C16H37P.C9H6ClNO/c1-5-9-13-17(14-10-6-2,15-11-7-3)16-12-8-4;1-6(5-11)8-4-7(10)2-3-9(8)12/h17H,5-16H2,1-4H3;2,4H,1,3H2. The van der Waals surface area contributed by atoms with Crippen molar-refractivity contribution in [2.75, 3.05) is 24.6 Å². The Kier molecular flexibility index (Phi) is 16.3. The maximum atomic E-state index is 11.2. The Morgan fingerprint density at radius 2 is 1.41 bits per heavy atom. The number of carbonyl (C=O) groups excluding carboxylic acids is 1. The summed E-state index contributed by atoms with van der Waals surface area (Å²) in [6.45, 7) is 12.9. The molecule has 0 fully saturated rings. The predicted molar refractivity (Wildman–Crippen MR) is 134 cm³/mol. The minimum absolute atomic E-state index is 0.106. The number of halogens is 1. The van der Waals surface area contributed by atoms with E-state index in [9.17, 15) is 4.79 Å². The molecule has 0 amide bonds. The van der Waals surface area contributed by atoms with Crippen LogP contribution in [0.1, 0.15) is 85.5 Å². The van der Waals surface area contributed by atoms with Crippen LogP contribution in [-0.4, -0.2) is 30.4 Å². The first-order valence-electron chi connectivity index (χ1n) is 11.6. The Labute approximate surface area is 185 Å². The first-order valence-corrected chi connectivity index (χ1v) is 14.8. The summed E-state index contributed by atoms with van der Waals surface area (Å²) < 4.78 is 0. The summed E-state index contributed by atoms with van der Waals surface area (Å²) in [5, 5.41) is 8.97. The minimum atomic E-state index is -0.879. The number of carbonyl (C=O) groups is 1. The number of Topliss-reactive ketones (excluding diaryl/α,β-unsaturated/α-hetero) is 1. The molecule has 0 aromatic heterocycles. The van der Waals surface area contributed by atoms with E-state index < -0.39 is 7.26 Å². The van der Waals surface area contributed by atoms with Gasteiger partial charge in [-0.05, 0) is 6.08 Å². The fraction of sp³-hybridized carbons (Fsp3) is 0.680. The molecule has 0 N–H and O–H groups in total. The van der Waals surface area contributed by atoms with Crippen LogP contribution in [0.5, 0.6) is 0 Å². The van der Waals surface area contributed by atoms with Crippen LogP contribution in [0, 0.1) is 11.3 Å². The zero-order valence-corrected chi connectivity index (χ0v) is 21.0. The number of ketones is 1. The molecule has 0 atom stereocenters. The van der Waals surface area contributed by atoms with Crippen molar-refractivity contribution in [2.45, 2.75) is 85.5 Å². The third-order valence-corrected chi connectivity index (χ3v) is 11.7. The fourth-order valence-electron chi connectivity index (χ4n) is 3.85. The molecular formula is C25H43ClNOP. The maximum absolute atomic E-state index is 11.2. The van der Waals surface area contributed by atoms with Gasteiger partial charge in [0.15, 0.2) is 5.78 Å². The third kappa shape index (κ3) is 11.8. The first kappa shape index (κ1) is 28.1. The molecule has 0 aromatic carbocycles. The normalized spacial score (nSPS) is 14.3. The van der Waals surface area contributed by atoms with Crippen molar-refractivity contribution in [3.63, 3.8) is 0 Å². The number of hydrogen-bond acceptors (Lipinski definition) is 2. The molecule has 0 spiro atoms. The van der Waals surface area contributed by atoms with Gasteiger partial charge in [0.05, 0.1) is 11.6 Å². The van der Waals surface area contributed by atoms with E-state index in [1.165, 1.54) is 57.4 Å². The van der Waals surface area contributed by atoms with E-state index in [0.717, 1.165) is 0 Å². The van der Waals surface area contributed by atoms with Gasteiger partial charge in [-0.2, -0.15) is 5.26 Å². The van der Waals surface area contributed by atoms with Crippen LogP contribution < -0.4 is 0 Å². The van der Waals surface area contributed by atoms with Gasteiger partial charge in [-0.25, -0.2) is 0 Å². The molecule has 0 bridgehead atoms. The van der Waals surface area contributed by atoms with Crippen molar-refractivity contribution in [1.29, 1.82) is 5.26 Å². The topological polar surface area (TPSA) is 40.9 Å². The SMILES string of the molecule is C=C(C#N)C1=CC(Cl)=CCC1=O.CCCC[PH](CCCC)(CCCC)CCCC. The van der Waals surface area contributed by atoms with Gasteiger partial charge in [0, 0.05) is 17.0 Å². The Balaban J connectivity index is 0.000000571. The molecule has 2 nitrogen and oxygen atoms in total. The average Bonchev–Trinajstić information content (AvgIpc) is 2.74. The molecule has 1 aliphatic carbocycles. The summed E-state index contributed by atoms with van der Waals surface area (Å²) in [5.74, 6) is -0.106. The van der Waals surface area contributed by atoms with Gasteiger partial charge in [-0.15, -0.1) is 0 Å². The van der Waals surface area contributed by atoms with E-state index in [4.69, 9.17) is 16.9 Å². The fourth-order valence-corrected chi connectivity index (χ4v) is 9.95. The van der Waals surface area contributed by atoms with Crippen molar-refractivity contribution in [3.8, 4) is 6.07 Å². The molecule has 29 heavy (non-hydrogen) atoms. The van der Waals surface area contributed by atoms with Gasteiger partial charge >= 0.3 is 111 Å². The molecule has 0 saturated carbocycles. The molecule has 0 aliphatic heterocycles. The Morgan fingerprint density at radius 1 is 1.00 bits per heavy atom. The summed E-state index contributed by atoms with van der Waals surface area (Å²) in [4.78, 5) is 11.2. The van der Waals surface area contributed by atoms with Crippen LogP contribution in [-0.2, 0) is 4.79 Å². The summed E-state index contributed by atoms with van der Waals surface area (Å²) in [7, 11) is -0.879. The van der Waals surface area contributed by atoms with Crippen molar-refractivity contribution >= 4 is 24.6 Å². The van der Waals surface area contributed by atoms with Crippen molar-refractivity contribution in [1.82, 2.24) is 0 Å². The Hall–Kier alpha value is -0.900. The third-order valence-electron chi connectivity index (χ3n) is 5.77. The van der Waals surface area contributed by atoms with Crippen molar-refractivity contribution in [3.05, 3.63) is 34.9 Å². The molecule has 4 heteroatoms. The van der Waals surface area contributed by atoms with E-state index in [-0.39, 0.29) is 17.8 Å². The van der Waals surface area contributed by atoms with Gasteiger partial charge in [0.1, 0.15) is 0 Å².